The molecule has 1 heterocycles. The van der Waals surface area contributed by atoms with Crippen LogP contribution in [0.4, 0.5) is 0 Å². The van der Waals surface area contributed by atoms with Crippen LogP contribution in [0.15, 0.2) is 0 Å². The summed E-state index contributed by atoms with van der Waals surface area (Å²) >= 11 is 6.04. The van der Waals surface area contributed by atoms with Gasteiger partial charge in [-0.05, 0) is 32.6 Å². The van der Waals surface area contributed by atoms with Crippen LogP contribution in [0.2, 0.25) is 5.15 Å². The van der Waals surface area contributed by atoms with E-state index in [1.165, 1.54) is 12.8 Å². The first-order chi connectivity index (χ1) is 7.13. The largest absolute Gasteiger partial charge is 0.373 e. The Morgan fingerprint density at radius 1 is 1.33 bits per heavy atom. The summed E-state index contributed by atoms with van der Waals surface area (Å²) in [7, 11) is 1.70. The van der Waals surface area contributed by atoms with E-state index < -0.39 is 0 Å². The lowest BCUT2D eigenvalue weighted by Crippen LogP contribution is -2.10. The fourth-order valence-electron chi connectivity index (χ4n) is 1.65. The second-order valence-corrected chi connectivity index (χ2v) is 4.43. The van der Waals surface area contributed by atoms with Crippen molar-refractivity contribution in [3.05, 3.63) is 22.2 Å². The van der Waals surface area contributed by atoms with Gasteiger partial charge in [-0.25, -0.2) is 9.97 Å². The van der Waals surface area contributed by atoms with Crippen LogP contribution in [0.5, 0.6) is 0 Å². The summed E-state index contributed by atoms with van der Waals surface area (Å²) in [6.07, 6.45) is 2.42. The minimum Gasteiger partial charge on any atom is -0.373 e. The van der Waals surface area contributed by atoms with Gasteiger partial charge in [0.15, 0.2) is 5.82 Å². The molecule has 0 N–H and O–H groups in total. The molecule has 0 radical (unpaired) electrons. The van der Waals surface area contributed by atoms with E-state index in [2.05, 4.69) is 9.97 Å². The Morgan fingerprint density at radius 2 is 2.00 bits per heavy atom. The highest BCUT2D eigenvalue weighted by Crippen LogP contribution is 2.42. The zero-order valence-corrected chi connectivity index (χ0v) is 10.0. The number of halogens is 1. The molecular formula is C11H15ClN2O. The molecule has 0 bridgehead atoms. The maximum Gasteiger partial charge on any atom is 0.159 e. The van der Waals surface area contributed by atoms with Crippen molar-refractivity contribution in [1.29, 1.82) is 0 Å². The monoisotopic (exact) mass is 226 g/mol. The van der Waals surface area contributed by atoms with E-state index in [9.17, 15) is 0 Å². The molecule has 4 heteroatoms. The summed E-state index contributed by atoms with van der Waals surface area (Å²) in [5.41, 5.74) is 1.89. The Labute approximate surface area is 94.8 Å². The molecule has 1 saturated carbocycles. The van der Waals surface area contributed by atoms with E-state index in [1.807, 2.05) is 13.8 Å². The number of hydrogen-bond donors (Lipinski definition) is 0. The fraction of sp³-hybridized carbons (Fsp3) is 0.636. The number of nitrogens with zero attached hydrogens (tertiary/aromatic N) is 2. The van der Waals surface area contributed by atoms with Crippen LogP contribution in [0.25, 0.3) is 0 Å². The fourth-order valence-corrected chi connectivity index (χ4v) is 1.87. The molecule has 1 atom stereocenters. The Bertz CT molecular complexity index is 354. The molecule has 0 saturated heterocycles. The van der Waals surface area contributed by atoms with Crippen molar-refractivity contribution in [3.8, 4) is 0 Å². The Kier molecular flexibility index (Phi) is 2.94. The van der Waals surface area contributed by atoms with Gasteiger partial charge in [0.05, 0.1) is 0 Å². The standard InChI is InChI=1S/C11H15ClN2O/c1-6-7(2)13-11(14-10(6)12)9(15-3)8-4-5-8/h8-9H,4-5H2,1-3H3. The molecule has 1 aliphatic carbocycles. The molecule has 1 fully saturated rings. The Morgan fingerprint density at radius 3 is 2.47 bits per heavy atom. The third-order valence-corrected chi connectivity index (χ3v) is 3.27. The summed E-state index contributed by atoms with van der Waals surface area (Å²) in [6.45, 7) is 3.88. The van der Waals surface area contributed by atoms with Crippen LogP contribution in [-0.2, 0) is 4.74 Å². The van der Waals surface area contributed by atoms with Gasteiger partial charge in [0.2, 0.25) is 0 Å². The zero-order valence-electron chi connectivity index (χ0n) is 9.25. The lowest BCUT2D eigenvalue weighted by atomic mass is 10.2. The van der Waals surface area contributed by atoms with E-state index in [0.29, 0.717) is 11.1 Å². The van der Waals surface area contributed by atoms with Gasteiger partial charge in [-0.1, -0.05) is 11.6 Å². The molecule has 1 aliphatic rings. The Hall–Kier alpha value is -0.670. The molecule has 82 valence electrons. The molecule has 1 aromatic heterocycles. The van der Waals surface area contributed by atoms with Crippen molar-refractivity contribution in [1.82, 2.24) is 9.97 Å². The third-order valence-electron chi connectivity index (χ3n) is 2.91. The van der Waals surface area contributed by atoms with Gasteiger partial charge in [0, 0.05) is 18.4 Å². The molecule has 0 aromatic carbocycles. The summed E-state index contributed by atoms with van der Waals surface area (Å²) in [6, 6.07) is 0. The highest BCUT2D eigenvalue weighted by molar-refractivity contribution is 6.30. The van der Waals surface area contributed by atoms with Gasteiger partial charge in [-0.3, -0.25) is 0 Å². The van der Waals surface area contributed by atoms with Crippen molar-refractivity contribution in [3.63, 3.8) is 0 Å². The predicted octanol–water partition coefficient (Wildman–Crippen LogP) is 2.84. The lowest BCUT2D eigenvalue weighted by Gasteiger charge is -2.14. The molecule has 0 spiro atoms. The number of aryl methyl sites for hydroxylation is 1. The van der Waals surface area contributed by atoms with Crippen molar-refractivity contribution in [2.45, 2.75) is 32.8 Å². The van der Waals surface area contributed by atoms with Crippen LogP contribution in [0, 0.1) is 19.8 Å². The van der Waals surface area contributed by atoms with Gasteiger partial charge < -0.3 is 4.74 Å². The van der Waals surface area contributed by atoms with E-state index in [4.69, 9.17) is 16.3 Å². The molecular weight excluding hydrogens is 212 g/mol. The van der Waals surface area contributed by atoms with Crippen LogP contribution >= 0.6 is 11.6 Å². The third kappa shape index (κ3) is 2.13. The van der Waals surface area contributed by atoms with Crippen LogP contribution in [0.1, 0.15) is 36.0 Å². The summed E-state index contributed by atoms with van der Waals surface area (Å²) in [5, 5.41) is 0.542. The van der Waals surface area contributed by atoms with E-state index in [-0.39, 0.29) is 6.10 Å². The van der Waals surface area contributed by atoms with E-state index in [1.54, 1.807) is 7.11 Å². The molecule has 0 amide bonds. The van der Waals surface area contributed by atoms with Gasteiger partial charge >= 0.3 is 0 Å². The number of rotatable bonds is 3. The maximum atomic E-state index is 6.04. The van der Waals surface area contributed by atoms with Crippen molar-refractivity contribution in [2.75, 3.05) is 7.11 Å². The summed E-state index contributed by atoms with van der Waals surface area (Å²) in [5.74, 6) is 1.31. The minimum atomic E-state index is 0.0156. The SMILES string of the molecule is COC(c1nc(C)c(C)c(Cl)n1)C1CC1. The van der Waals surface area contributed by atoms with Gasteiger partial charge in [-0.15, -0.1) is 0 Å². The van der Waals surface area contributed by atoms with Crippen LogP contribution in [-0.4, -0.2) is 17.1 Å². The minimum absolute atomic E-state index is 0.0156. The zero-order chi connectivity index (χ0) is 11.0. The van der Waals surface area contributed by atoms with Crippen LogP contribution < -0.4 is 0 Å². The second kappa shape index (κ2) is 4.06. The smallest absolute Gasteiger partial charge is 0.159 e. The van der Waals surface area contributed by atoms with Gasteiger partial charge in [0.1, 0.15) is 11.3 Å². The average Bonchev–Trinajstić information content (AvgIpc) is 2.99. The molecule has 1 aromatic rings. The molecule has 0 aliphatic heterocycles. The van der Waals surface area contributed by atoms with Crippen molar-refractivity contribution >= 4 is 11.6 Å². The molecule has 3 nitrogen and oxygen atoms in total. The molecule has 2 rings (SSSR count). The number of methoxy groups -OCH3 is 1. The lowest BCUT2D eigenvalue weighted by molar-refractivity contribution is 0.0770. The topological polar surface area (TPSA) is 35.0 Å². The highest BCUT2D eigenvalue weighted by atomic mass is 35.5. The first kappa shape index (κ1) is 10.8. The number of hydrogen-bond acceptors (Lipinski definition) is 3. The van der Waals surface area contributed by atoms with E-state index >= 15 is 0 Å². The van der Waals surface area contributed by atoms with Crippen molar-refractivity contribution < 1.29 is 4.74 Å². The highest BCUT2D eigenvalue weighted by Gasteiger charge is 2.34. The molecule has 15 heavy (non-hydrogen) atoms. The second-order valence-electron chi connectivity index (χ2n) is 4.08. The normalized spacial score (nSPS) is 17.9. The summed E-state index contributed by atoms with van der Waals surface area (Å²) < 4.78 is 5.43. The van der Waals surface area contributed by atoms with Gasteiger partial charge in [-0.2, -0.15) is 0 Å². The first-order valence-corrected chi connectivity index (χ1v) is 5.54. The number of ether oxygens (including phenoxy) is 1. The van der Waals surface area contributed by atoms with Crippen LogP contribution in [0.3, 0.4) is 0 Å². The quantitative estimate of drug-likeness (QED) is 0.744. The average molecular weight is 227 g/mol. The van der Waals surface area contributed by atoms with E-state index in [0.717, 1.165) is 17.1 Å². The van der Waals surface area contributed by atoms with Crippen molar-refractivity contribution in [2.24, 2.45) is 5.92 Å². The Balaban J connectivity index is 2.34. The van der Waals surface area contributed by atoms with Gasteiger partial charge in [0.25, 0.3) is 0 Å². The molecule has 1 unspecified atom stereocenters. The number of aromatic nitrogens is 2. The maximum absolute atomic E-state index is 6.04. The predicted molar refractivity (Wildman–Crippen MR) is 59.0 cm³/mol. The first-order valence-electron chi connectivity index (χ1n) is 5.17. The summed E-state index contributed by atoms with van der Waals surface area (Å²) in [4.78, 5) is 8.74.